The van der Waals surface area contributed by atoms with Gasteiger partial charge < -0.3 is 10.0 Å². The Balaban J connectivity index is 2.48. The van der Waals surface area contributed by atoms with Gasteiger partial charge in [0.25, 0.3) is 0 Å². The SMILES string of the molecule is CCN(CCC(=O)O)C(C)Cc1ccccc1. The number of hydrogen-bond acceptors (Lipinski definition) is 2. The first-order chi connectivity index (χ1) is 8.13. The monoisotopic (exact) mass is 235 g/mol. The molecule has 1 aromatic carbocycles. The first kappa shape index (κ1) is 13.7. The van der Waals surface area contributed by atoms with E-state index in [1.54, 1.807) is 0 Å². The van der Waals surface area contributed by atoms with Gasteiger partial charge >= 0.3 is 5.97 Å². The Morgan fingerprint density at radius 1 is 1.35 bits per heavy atom. The Hall–Kier alpha value is -1.35. The van der Waals surface area contributed by atoms with Crippen LogP contribution in [0.3, 0.4) is 0 Å². The summed E-state index contributed by atoms with van der Waals surface area (Å²) in [5.74, 6) is -0.727. The van der Waals surface area contributed by atoms with Crippen LogP contribution in [0.25, 0.3) is 0 Å². The van der Waals surface area contributed by atoms with Gasteiger partial charge in [-0.05, 0) is 25.5 Å². The van der Waals surface area contributed by atoms with E-state index in [0.29, 0.717) is 12.6 Å². The molecule has 17 heavy (non-hydrogen) atoms. The molecule has 0 bridgehead atoms. The predicted molar refractivity (Wildman–Crippen MR) is 69.1 cm³/mol. The predicted octanol–water partition coefficient (Wildman–Crippen LogP) is 2.41. The van der Waals surface area contributed by atoms with E-state index in [2.05, 4.69) is 30.9 Å². The molecule has 1 N–H and O–H groups in total. The van der Waals surface area contributed by atoms with Crippen LogP contribution in [0.4, 0.5) is 0 Å². The van der Waals surface area contributed by atoms with Crippen molar-refractivity contribution in [3.8, 4) is 0 Å². The van der Waals surface area contributed by atoms with Crippen LogP contribution in [0.5, 0.6) is 0 Å². The van der Waals surface area contributed by atoms with Gasteiger partial charge in [-0.3, -0.25) is 4.79 Å². The highest BCUT2D eigenvalue weighted by Gasteiger charge is 2.13. The van der Waals surface area contributed by atoms with Gasteiger partial charge in [-0.15, -0.1) is 0 Å². The van der Waals surface area contributed by atoms with Gasteiger partial charge in [0, 0.05) is 12.6 Å². The Labute approximate surface area is 103 Å². The zero-order valence-electron chi connectivity index (χ0n) is 10.6. The van der Waals surface area contributed by atoms with E-state index >= 15 is 0 Å². The first-order valence-corrected chi connectivity index (χ1v) is 6.13. The van der Waals surface area contributed by atoms with E-state index in [1.165, 1.54) is 5.56 Å². The number of rotatable bonds is 7. The third-order valence-electron chi connectivity index (χ3n) is 3.02. The van der Waals surface area contributed by atoms with Gasteiger partial charge in [0.15, 0.2) is 0 Å². The van der Waals surface area contributed by atoms with Crippen molar-refractivity contribution in [1.29, 1.82) is 0 Å². The number of carboxylic acids is 1. The van der Waals surface area contributed by atoms with Crippen molar-refractivity contribution in [3.63, 3.8) is 0 Å². The summed E-state index contributed by atoms with van der Waals surface area (Å²) in [5, 5.41) is 8.70. The van der Waals surface area contributed by atoms with Crippen molar-refractivity contribution in [1.82, 2.24) is 4.90 Å². The van der Waals surface area contributed by atoms with Crippen molar-refractivity contribution in [3.05, 3.63) is 35.9 Å². The molecule has 3 heteroatoms. The molecule has 0 aliphatic carbocycles. The molecule has 1 rings (SSSR count). The van der Waals surface area contributed by atoms with Crippen LogP contribution in [0.15, 0.2) is 30.3 Å². The van der Waals surface area contributed by atoms with Crippen LogP contribution in [0.2, 0.25) is 0 Å². The summed E-state index contributed by atoms with van der Waals surface area (Å²) in [6.07, 6.45) is 1.18. The molecule has 0 saturated carbocycles. The highest BCUT2D eigenvalue weighted by molar-refractivity contribution is 5.66. The van der Waals surface area contributed by atoms with E-state index < -0.39 is 5.97 Å². The maximum atomic E-state index is 10.6. The van der Waals surface area contributed by atoms with Gasteiger partial charge in [0.2, 0.25) is 0 Å². The molecule has 0 heterocycles. The van der Waals surface area contributed by atoms with Gasteiger partial charge in [-0.1, -0.05) is 37.3 Å². The minimum absolute atomic E-state index is 0.215. The number of nitrogens with zero attached hydrogens (tertiary/aromatic N) is 1. The maximum absolute atomic E-state index is 10.6. The Morgan fingerprint density at radius 2 is 2.00 bits per heavy atom. The van der Waals surface area contributed by atoms with Crippen molar-refractivity contribution in [2.75, 3.05) is 13.1 Å². The number of carbonyl (C=O) groups is 1. The second-order valence-electron chi connectivity index (χ2n) is 4.31. The third-order valence-corrected chi connectivity index (χ3v) is 3.02. The number of benzene rings is 1. The summed E-state index contributed by atoms with van der Waals surface area (Å²) in [7, 11) is 0. The molecule has 0 aliphatic rings. The summed E-state index contributed by atoms with van der Waals surface area (Å²) in [6, 6.07) is 10.7. The lowest BCUT2D eigenvalue weighted by Crippen LogP contribution is -2.36. The average molecular weight is 235 g/mol. The molecule has 0 amide bonds. The van der Waals surface area contributed by atoms with Crippen LogP contribution in [0, 0.1) is 0 Å². The van der Waals surface area contributed by atoms with Gasteiger partial charge in [0.1, 0.15) is 0 Å². The summed E-state index contributed by atoms with van der Waals surface area (Å²) in [4.78, 5) is 12.8. The summed E-state index contributed by atoms with van der Waals surface area (Å²) in [5.41, 5.74) is 1.30. The maximum Gasteiger partial charge on any atom is 0.304 e. The van der Waals surface area contributed by atoms with Crippen LogP contribution >= 0.6 is 0 Å². The molecule has 1 aromatic rings. The number of hydrogen-bond donors (Lipinski definition) is 1. The summed E-state index contributed by atoms with van der Waals surface area (Å²) >= 11 is 0. The summed E-state index contributed by atoms with van der Waals surface area (Å²) < 4.78 is 0. The smallest absolute Gasteiger partial charge is 0.304 e. The van der Waals surface area contributed by atoms with Crippen LogP contribution in [-0.4, -0.2) is 35.1 Å². The molecule has 0 saturated heterocycles. The van der Waals surface area contributed by atoms with E-state index in [9.17, 15) is 4.79 Å². The number of carboxylic acid groups (broad SMARTS) is 1. The molecule has 1 atom stereocenters. The van der Waals surface area contributed by atoms with Crippen molar-refractivity contribution >= 4 is 5.97 Å². The van der Waals surface area contributed by atoms with Crippen molar-refractivity contribution in [2.24, 2.45) is 0 Å². The molecule has 0 fully saturated rings. The Bertz CT molecular complexity index is 337. The van der Waals surface area contributed by atoms with Crippen LogP contribution in [0.1, 0.15) is 25.8 Å². The van der Waals surface area contributed by atoms with E-state index in [0.717, 1.165) is 13.0 Å². The van der Waals surface area contributed by atoms with E-state index in [1.807, 2.05) is 18.2 Å². The van der Waals surface area contributed by atoms with Gasteiger partial charge in [0.05, 0.1) is 6.42 Å². The zero-order valence-corrected chi connectivity index (χ0v) is 10.6. The minimum atomic E-state index is -0.727. The van der Waals surface area contributed by atoms with Gasteiger partial charge in [-0.25, -0.2) is 0 Å². The lowest BCUT2D eigenvalue weighted by atomic mass is 10.1. The average Bonchev–Trinajstić information content (AvgIpc) is 2.30. The normalized spacial score (nSPS) is 12.6. The van der Waals surface area contributed by atoms with E-state index in [4.69, 9.17) is 5.11 Å². The lowest BCUT2D eigenvalue weighted by molar-refractivity contribution is -0.137. The molecule has 0 spiro atoms. The van der Waals surface area contributed by atoms with E-state index in [-0.39, 0.29) is 6.42 Å². The standard InChI is InChI=1S/C14H21NO2/c1-3-15(10-9-14(16)17)12(2)11-13-7-5-4-6-8-13/h4-8,12H,3,9-11H2,1-2H3,(H,16,17). The highest BCUT2D eigenvalue weighted by atomic mass is 16.4. The number of aliphatic carboxylic acids is 1. The molecular formula is C14H21NO2. The number of likely N-dealkylation sites (N-methyl/N-ethyl adjacent to an activating group) is 1. The Morgan fingerprint density at radius 3 is 2.53 bits per heavy atom. The second-order valence-corrected chi connectivity index (χ2v) is 4.31. The molecule has 0 aliphatic heterocycles. The lowest BCUT2D eigenvalue weighted by Gasteiger charge is -2.27. The highest BCUT2D eigenvalue weighted by Crippen LogP contribution is 2.09. The molecule has 0 aromatic heterocycles. The Kier molecular flexibility index (Phi) is 5.70. The van der Waals surface area contributed by atoms with Crippen LogP contribution in [-0.2, 0) is 11.2 Å². The van der Waals surface area contributed by atoms with Crippen LogP contribution < -0.4 is 0 Å². The quantitative estimate of drug-likeness (QED) is 0.789. The molecular weight excluding hydrogens is 214 g/mol. The second kappa shape index (κ2) is 7.07. The molecule has 1 unspecified atom stereocenters. The van der Waals surface area contributed by atoms with Crippen molar-refractivity contribution < 1.29 is 9.90 Å². The fourth-order valence-electron chi connectivity index (χ4n) is 2.01. The fourth-order valence-corrected chi connectivity index (χ4v) is 2.01. The largest absolute Gasteiger partial charge is 0.481 e. The first-order valence-electron chi connectivity index (χ1n) is 6.13. The van der Waals surface area contributed by atoms with Gasteiger partial charge in [-0.2, -0.15) is 0 Å². The third kappa shape index (κ3) is 5.00. The minimum Gasteiger partial charge on any atom is -0.481 e. The summed E-state index contributed by atoms with van der Waals surface area (Å²) in [6.45, 7) is 5.74. The zero-order chi connectivity index (χ0) is 12.7. The molecule has 94 valence electrons. The fraction of sp³-hybridized carbons (Fsp3) is 0.500. The topological polar surface area (TPSA) is 40.5 Å². The van der Waals surface area contributed by atoms with Crippen molar-refractivity contribution in [2.45, 2.75) is 32.7 Å². The molecule has 3 nitrogen and oxygen atoms in total. The molecule has 0 radical (unpaired) electrons.